The predicted molar refractivity (Wildman–Crippen MR) is 95.4 cm³/mol. The summed E-state index contributed by atoms with van der Waals surface area (Å²) < 4.78 is 0. The summed E-state index contributed by atoms with van der Waals surface area (Å²) >= 11 is 1.35. The van der Waals surface area contributed by atoms with Gasteiger partial charge in [0.25, 0.3) is 0 Å². The number of rotatable bonds is 7. The Morgan fingerprint density at radius 3 is 2.62 bits per heavy atom. The van der Waals surface area contributed by atoms with Crippen LogP contribution in [0.1, 0.15) is 24.8 Å². The molecule has 1 aromatic rings. The van der Waals surface area contributed by atoms with Gasteiger partial charge in [-0.15, -0.1) is 11.8 Å². The van der Waals surface area contributed by atoms with Crippen LogP contribution in [-0.2, 0) is 16.0 Å². The van der Waals surface area contributed by atoms with Crippen LogP contribution in [0.25, 0.3) is 0 Å². The third kappa shape index (κ3) is 6.25. The van der Waals surface area contributed by atoms with Crippen LogP contribution in [0, 0.1) is 11.3 Å². The summed E-state index contributed by atoms with van der Waals surface area (Å²) in [5, 5.41) is 11.6. The number of hydrogen-bond acceptors (Lipinski definition) is 4. The van der Waals surface area contributed by atoms with E-state index < -0.39 is 0 Å². The molecular formula is C18H23N3O2S. The predicted octanol–water partition coefficient (Wildman–Crippen LogP) is 1.98. The molecule has 0 spiro atoms. The first-order chi connectivity index (χ1) is 11.7. The number of carbonyl (C=O) groups is 2. The van der Waals surface area contributed by atoms with E-state index in [1.165, 1.54) is 17.3 Å². The number of nitriles is 1. The SMILES string of the molecule is N#CCSCC(=O)N1CCC(NC(=O)CCc2ccccc2)CC1. The summed E-state index contributed by atoms with van der Waals surface area (Å²) in [4.78, 5) is 25.8. The molecule has 1 saturated heterocycles. The maximum Gasteiger partial charge on any atom is 0.232 e. The Kier molecular flexibility index (Phi) is 7.63. The second-order valence-corrected chi connectivity index (χ2v) is 6.84. The van der Waals surface area contributed by atoms with Crippen LogP contribution in [-0.4, -0.2) is 47.4 Å². The highest BCUT2D eigenvalue weighted by Crippen LogP contribution is 2.13. The van der Waals surface area contributed by atoms with Gasteiger partial charge < -0.3 is 10.2 Å². The molecule has 1 heterocycles. The number of nitrogens with zero attached hydrogens (tertiary/aromatic N) is 2. The molecule has 0 saturated carbocycles. The van der Waals surface area contributed by atoms with Gasteiger partial charge in [0.05, 0.1) is 17.6 Å². The first kappa shape index (κ1) is 18.3. The van der Waals surface area contributed by atoms with Gasteiger partial charge in [-0.1, -0.05) is 30.3 Å². The molecule has 1 aliphatic rings. The van der Waals surface area contributed by atoms with E-state index in [2.05, 4.69) is 5.32 Å². The van der Waals surface area contributed by atoms with Gasteiger partial charge in [-0.05, 0) is 24.8 Å². The molecule has 0 unspecified atom stereocenters. The summed E-state index contributed by atoms with van der Waals surface area (Å²) in [6, 6.07) is 12.2. The van der Waals surface area contributed by atoms with E-state index in [4.69, 9.17) is 5.26 Å². The number of amides is 2. The lowest BCUT2D eigenvalue weighted by atomic mass is 10.0. The van der Waals surface area contributed by atoms with E-state index in [-0.39, 0.29) is 17.9 Å². The van der Waals surface area contributed by atoms with E-state index in [1.807, 2.05) is 41.3 Å². The molecule has 1 aliphatic heterocycles. The van der Waals surface area contributed by atoms with Crippen molar-refractivity contribution >= 4 is 23.6 Å². The van der Waals surface area contributed by atoms with E-state index >= 15 is 0 Å². The number of hydrogen-bond donors (Lipinski definition) is 1. The zero-order chi connectivity index (χ0) is 17.2. The first-order valence-electron chi connectivity index (χ1n) is 8.25. The number of aryl methyl sites for hydroxylation is 1. The molecule has 1 N–H and O–H groups in total. The normalized spacial score (nSPS) is 14.9. The summed E-state index contributed by atoms with van der Waals surface area (Å²) in [6.45, 7) is 1.35. The van der Waals surface area contributed by atoms with Gasteiger partial charge in [0.2, 0.25) is 11.8 Å². The minimum Gasteiger partial charge on any atom is -0.353 e. The van der Waals surface area contributed by atoms with Crippen LogP contribution in [0.4, 0.5) is 0 Å². The zero-order valence-corrected chi connectivity index (χ0v) is 14.6. The fraction of sp³-hybridized carbons (Fsp3) is 0.500. The molecule has 0 bridgehead atoms. The van der Waals surface area contributed by atoms with Crippen molar-refractivity contribution in [3.63, 3.8) is 0 Å². The van der Waals surface area contributed by atoms with Crippen molar-refractivity contribution in [1.82, 2.24) is 10.2 Å². The Balaban J connectivity index is 1.64. The van der Waals surface area contributed by atoms with Crippen LogP contribution >= 0.6 is 11.8 Å². The summed E-state index contributed by atoms with van der Waals surface area (Å²) in [7, 11) is 0. The largest absolute Gasteiger partial charge is 0.353 e. The number of carbonyl (C=O) groups excluding carboxylic acids is 2. The number of thioether (sulfide) groups is 1. The number of likely N-dealkylation sites (tertiary alicyclic amines) is 1. The Morgan fingerprint density at radius 2 is 1.96 bits per heavy atom. The number of benzene rings is 1. The Hall–Kier alpha value is -2.00. The van der Waals surface area contributed by atoms with Crippen molar-refractivity contribution in [2.75, 3.05) is 24.6 Å². The van der Waals surface area contributed by atoms with Crippen LogP contribution in [0.5, 0.6) is 0 Å². The summed E-state index contributed by atoms with van der Waals surface area (Å²) in [5.41, 5.74) is 1.17. The zero-order valence-electron chi connectivity index (χ0n) is 13.7. The minimum atomic E-state index is 0.0770. The molecule has 24 heavy (non-hydrogen) atoms. The standard InChI is InChI=1S/C18H23N3O2S/c19-10-13-24-14-18(23)21-11-8-16(9-12-21)20-17(22)7-6-15-4-2-1-3-5-15/h1-5,16H,6-9,11-14H2,(H,20,22). The fourth-order valence-corrected chi connectivity index (χ4v) is 3.30. The second-order valence-electron chi connectivity index (χ2n) is 5.86. The van der Waals surface area contributed by atoms with Gasteiger partial charge in [-0.2, -0.15) is 5.26 Å². The van der Waals surface area contributed by atoms with E-state index in [0.717, 1.165) is 19.3 Å². The van der Waals surface area contributed by atoms with Crippen molar-refractivity contribution in [1.29, 1.82) is 5.26 Å². The van der Waals surface area contributed by atoms with Crippen LogP contribution in [0.3, 0.4) is 0 Å². The van der Waals surface area contributed by atoms with Gasteiger partial charge in [0, 0.05) is 25.6 Å². The van der Waals surface area contributed by atoms with Gasteiger partial charge in [-0.3, -0.25) is 9.59 Å². The quantitative estimate of drug-likeness (QED) is 0.767. The summed E-state index contributed by atoms with van der Waals surface area (Å²) in [5.74, 6) is 0.874. The topological polar surface area (TPSA) is 73.2 Å². The summed E-state index contributed by atoms with van der Waals surface area (Å²) in [6.07, 6.45) is 2.84. The van der Waals surface area contributed by atoms with Gasteiger partial charge in [0.15, 0.2) is 0 Å². The number of piperidine rings is 1. The fourth-order valence-electron chi connectivity index (χ4n) is 2.75. The molecule has 0 atom stereocenters. The van der Waals surface area contributed by atoms with Gasteiger partial charge >= 0.3 is 0 Å². The molecule has 1 aromatic carbocycles. The molecule has 2 amide bonds. The van der Waals surface area contributed by atoms with E-state index in [9.17, 15) is 9.59 Å². The molecule has 1 fully saturated rings. The third-order valence-corrected chi connectivity index (χ3v) is 4.87. The lowest BCUT2D eigenvalue weighted by molar-refractivity contribution is -0.129. The van der Waals surface area contributed by atoms with Crippen LogP contribution in [0.2, 0.25) is 0 Å². The van der Waals surface area contributed by atoms with Crippen molar-refractivity contribution in [3.05, 3.63) is 35.9 Å². The maximum atomic E-state index is 12.0. The molecule has 0 aliphatic carbocycles. The molecule has 6 heteroatoms. The lowest BCUT2D eigenvalue weighted by Gasteiger charge is -2.32. The van der Waals surface area contributed by atoms with Crippen molar-refractivity contribution in [3.8, 4) is 6.07 Å². The molecule has 0 radical (unpaired) electrons. The third-order valence-electron chi connectivity index (χ3n) is 4.09. The van der Waals surface area contributed by atoms with E-state index in [0.29, 0.717) is 31.0 Å². The van der Waals surface area contributed by atoms with Crippen LogP contribution in [0.15, 0.2) is 30.3 Å². The lowest BCUT2D eigenvalue weighted by Crippen LogP contribution is -2.47. The molecular weight excluding hydrogens is 322 g/mol. The Bertz CT molecular complexity index is 578. The molecule has 128 valence electrons. The van der Waals surface area contributed by atoms with Gasteiger partial charge in [0.1, 0.15) is 0 Å². The minimum absolute atomic E-state index is 0.0770. The molecule has 5 nitrogen and oxygen atoms in total. The first-order valence-corrected chi connectivity index (χ1v) is 9.40. The molecule has 2 rings (SSSR count). The molecule has 0 aromatic heterocycles. The highest BCUT2D eigenvalue weighted by molar-refractivity contribution is 8.00. The van der Waals surface area contributed by atoms with Crippen molar-refractivity contribution in [2.45, 2.75) is 31.7 Å². The maximum absolute atomic E-state index is 12.0. The Morgan fingerprint density at radius 1 is 1.25 bits per heavy atom. The average molecular weight is 345 g/mol. The average Bonchev–Trinajstić information content (AvgIpc) is 2.61. The number of nitrogens with one attached hydrogen (secondary N) is 1. The van der Waals surface area contributed by atoms with Gasteiger partial charge in [-0.25, -0.2) is 0 Å². The highest BCUT2D eigenvalue weighted by Gasteiger charge is 2.23. The monoisotopic (exact) mass is 345 g/mol. The van der Waals surface area contributed by atoms with E-state index in [1.54, 1.807) is 0 Å². The smallest absolute Gasteiger partial charge is 0.232 e. The highest BCUT2D eigenvalue weighted by atomic mass is 32.2. The Labute approximate surface area is 147 Å². The van der Waals surface area contributed by atoms with Crippen molar-refractivity contribution < 1.29 is 9.59 Å². The van der Waals surface area contributed by atoms with Crippen LogP contribution < -0.4 is 5.32 Å². The van der Waals surface area contributed by atoms with Crippen molar-refractivity contribution in [2.24, 2.45) is 0 Å². The second kappa shape index (κ2) is 9.99.